The standard InChI is InChI=1S/C45H48N6O6/c1-49(25-26-50-23-17-32(18-24-50)44(56)57)43(55)35-11-7-10-33(27-35)41(53)47-39-15-14-36(51-21-5-2-6-22-51)29-37(39)40-28-34(16-20-46-40)42(54)48-45(30-52)19-8-12-31-9-3-4-13-38(31)45/h3-4,7-11,13-16,19-20,27-30,32H,2,5-6,12,17-18,21-26H2,1H3,(H,47,53)(H,48,54)(H,56,57). The first-order valence-electron chi connectivity index (χ1n) is 19.7. The van der Waals surface area contributed by atoms with Gasteiger partial charge in [-0.05, 0) is 111 Å². The fraction of sp³-hybridized carbons (Fsp3) is 0.333. The summed E-state index contributed by atoms with van der Waals surface area (Å²) in [5.74, 6) is -2.15. The molecule has 3 amide bonds. The summed E-state index contributed by atoms with van der Waals surface area (Å²) in [6.07, 6.45) is 11.1. The Balaban J connectivity index is 1.10. The molecule has 12 nitrogen and oxygen atoms in total. The summed E-state index contributed by atoms with van der Waals surface area (Å²) in [6, 6.07) is 23.2. The number of aliphatic carboxylic acids is 1. The fourth-order valence-corrected chi connectivity index (χ4v) is 7.99. The highest BCUT2D eigenvalue weighted by molar-refractivity contribution is 6.08. The lowest BCUT2D eigenvalue weighted by atomic mass is 9.82. The largest absolute Gasteiger partial charge is 0.481 e. The van der Waals surface area contributed by atoms with Crippen molar-refractivity contribution in [3.8, 4) is 11.3 Å². The molecule has 3 N–H and O–H groups in total. The highest BCUT2D eigenvalue weighted by atomic mass is 16.4. The van der Waals surface area contributed by atoms with E-state index in [-0.39, 0.29) is 11.8 Å². The second kappa shape index (κ2) is 17.3. The van der Waals surface area contributed by atoms with Crippen LogP contribution in [0.3, 0.4) is 0 Å². The van der Waals surface area contributed by atoms with E-state index in [0.29, 0.717) is 79.1 Å². The molecule has 7 rings (SSSR count). The van der Waals surface area contributed by atoms with E-state index in [1.165, 1.54) is 6.42 Å². The van der Waals surface area contributed by atoms with Crippen LogP contribution in [0.1, 0.15) is 74.3 Å². The second-order valence-electron chi connectivity index (χ2n) is 15.1. The number of pyridine rings is 1. The van der Waals surface area contributed by atoms with Crippen LogP contribution in [0.25, 0.3) is 11.3 Å². The van der Waals surface area contributed by atoms with Crippen molar-refractivity contribution in [2.45, 2.75) is 44.1 Å². The van der Waals surface area contributed by atoms with Crippen molar-refractivity contribution in [2.75, 3.05) is 56.5 Å². The van der Waals surface area contributed by atoms with Gasteiger partial charge in [0.2, 0.25) is 0 Å². The molecule has 1 aliphatic carbocycles. The summed E-state index contributed by atoms with van der Waals surface area (Å²) in [6.45, 7) is 4.26. The van der Waals surface area contributed by atoms with Crippen molar-refractivity contribution in [1.82, 2.24) is 20.1 Å². The number of allylic oxidation sites excluding steroid dienone is 1. The summed E-state index contributed by atoms with van der Waals surface area (Å²) >= 11 is 0. The molecule has 0 bridgehead atoms. The van der Waals surface area contributed by atoms with Crippen LogP contribution >= 0.6 is 0 Å². The molecule has 1 unspecified atom stereocenters. The lowest BCUT2D eigenvalue weighted by Gasteiger charge is -2.31. The maximum atomic E-state index is 13.9. The molecular formula is C45H48N6O6. The second-order valence-corrected chi connectivity index (χ2v) is 15.1. The number of carbonyl (C=O) groups is 5. The Morgan fingerprint density at radius 1 is 0.877 bits per heavy atom. The number of nitrogens with one attached hydrogen (secondary N) is 2. The predicted molar refractivity (Wildman–Crippen MR) is 218 cm³/mol. The van der Waals surface area contributed by atoms with Gasteiger partial charge in [-0.25, -0.2) is 0 Å². The highest BCUT2D eigenvalue weighted by Gasteiger charge is 2.35. The SMILES string of the molecule is CN(CCN1CCC(C(=O)O)CC1)C(=O)c1cccc(C(=O)Nc2ccc(N3CCCCC3)cc2-c2cc(C(=O)NC3(C=O)C=CCc4ccccc43)ccn2)c1. The molecule has 3 aliphatic rings. The van der Waals surface area contributed by atoms with E-state index in [4.69, 9.17) is 0 Å². The number of amides is 3. The molecule has 0 saturated carbocycles. The molecule has 2 fully saturated rings. The predicted octanol–water partition coefficient (Wildman–Crippen LogP) is 5.80. The van der Waals surface area contributed by atoms with Crippen LogP contribution < -0.4 is 15.5 Å². The molecule has 1 aromatic heterocycles. The number of aromatic nitrogens is 1. The fourth-order valence-electron chi connectivity index (χ4n) is 7.99. The van der Waals surface area contributed by atoms with E-state index in [1.807, 2.05) is 48.5 Å². The molecule has 57 heavy (non-hydrogen) atoms. The smallest absolute Gasteiger partial charge is 0.306 e. The number of hydrogen-bond acceptors (Lipinski definition) is 8. The Labute approximate surface area is 332 Å². The summed E-state index contributed by atoms with van der Waals surface area (Å²) in [5.41, 5.74) is 3.92. The number of likely N-dealkylation sites (tertiary alicyclic amines) is 1. The van der Waals surface area contributed by atoms with Gasteiger partial charge >= 0.3 is 5.97 Å². The number of carboxylic acid groups (broad SMARTS) is 1. The Morgan fingerprint density at radius 3 is 2.40 bits per heavy atom. The summed E-state index contributed by atoms with van der Waals surface area (Å²) in [4.78, 5) is 75.9. The van der Waals surface area contributed by atoms with Crippen molar-refractivity contribution in [1.29, 1.82) is 0 Å². The highest BCUT2D eigenvalue weighted by Crippen LogP contribution is 2.34. The molecule has 12 heteroatoms. The van der Waals surface area contributed by atoms with Gasteiger partial charge in [-0.1, -0.05) is 42.5 Å². The van der Waals surface area contributed by atoms with E-state index in [2.05, 4.69) is 25.4 Å². The van der Waals surface area contributed by atoms with Gasteiger partial charge in [0.15, 0.2) is 6.29 Å². The number of piperidine rings is 2. The lowest BCUT2D eigenvalue weighted by molar-refractivity contribution is -0.143. The normalized spacial score (nSPS) is 18.3. The first kappa shape index (κ1) is 39.1. The van der Waals surface area contributed by atoms with Crippen LogP contribution in [0.4, 0.5) is 11.4 Å². The molecule has 0 spiro atoms. The number of aldehydes is 1. The van der Waals surface area contributed by atoms with Gasteiger partial charge in [0, 0.05) is 67.4 Å². The van der Waals surface area contributed by atoms with E-state index >= 15 is 0 Å². The Hall–Kier alpha value is -6.14. The molecule has 4 aromatic rings. The van der Waals surface area contributed by atoms with Crippen molar-refractivity contribution in [2.24, 2.45) is 5.92 Å². The van der Waals surface area contributed by atoms with Crippen molar-refractivity contribution in [3.63, 3.8) is 0 Å². The third-order valence-electron chi connectivity index (χ3n) is 11.4. The van der Waals surface area contributed by atoms with E-state index < -0.39 is 23.3 Å². The van der Waals surface area contributed by atoms with Gasteiger partial charge in [0.1, 0.15) is 5.54 Å². The Bertz CT molecular complexity index is 2190. The monoisotopic (exact) mass is 768 g/mol. The third kappa shape index (κ3) is 8.81. The molecular weight excluding hydrogens is 721 g/mol. The van der Waals surface area contributed by atoms with Crippen LogP contribution in [0.2, 0.25) is 0 Å². The molecule has 0 radical (unpaired) electrons. The maximum Gasteiger partial charge on any atom is 0.306 e. The number of likely N-dealkylation sites (N-methyl/N-ethyl adjacent to an activating group) is 1. The van der Waals surface area contributed by atoms with Crippen molar-refractivity contribution < 1.29 is 29.1 Å². The Kier molecular flexibility index (Phi) is 11.9. The minimum Gasteiger partial charge on any atom is -0.481 e. The van der Waals surface area contributed by atoms with E-state index in [0.717, 1.165) is 49.0 Å². The average Bonchev–Trinajstić information content (AvgIpc) is 3.26. The number of carbonyl (C=O) groups excluding carboxylic acids is 4. The number of anilines is 2. The average molecular weight is 769 g/mol. The number of rotatable bonds is 12. The van der Waals surface area contributed by atoms with Gasteiger partial charge in [-0.3, -0.25) is 29.0 Å². The van der Waals surface area contributed by atoms with Crippen LogP contribution in [0.15, 0.2) is 97.2 Å². The third-order valence-corrected chi connectivity index (χ3v) is 11.4. The zero-order valence-electron chi connectivity index (χ0n) is 32.2. The van der Waals surface area contributed by atoms with E-state index in [9.17, 15) is 29.1 Å². The number of hydrogen-bond donors (Lipinski definition) is 3. The maximum absolute atomic E-state index is 13.9. The number of benzene rings is 3. The van der Waals surface area contributed by atoms with Crippen LogP contribution in [0, 0.1) is 5.92 Å². The number of nitrogens with zero attached hydrogens (tertiary/aromatic N) is 4. The molecule has 2 aliphatic heterocycles. The quantitative estimate of drug-likeness (QED) is 0.120. The van der Waals surface area contributed by atoms with Crippen molar-refractivity contribution in [3.05, 3.63) is 125 Å². The van der Waals surface area contributed by atoms with E-state index in [1.54, 1.807) is 60.6 Å². The van der Waals surface area contributed by atoms with Crippen LogP contribution in [0.5, 0.6) is 0 Å². The minimum absolute atomic E-state index is 0.223. The first-order valence-corrected chi connectivity index (χ1v) is 19.7. The summed E-state index contributed by atoms with van der Waals surface area (Å²) < 4.78 is 0. The zero-order valence-corrected chi connectivity index (χ0v) is 32.2. The van der Waals surface area contributed by atoms with Gasteiger partial charge in [0.05, 0.1) is 17.3 Å². The van der Waals surface area contributed by atoms with Crippen LogP contribution in [-0.4, -0.2) is 96.2 Å². The Morgan fingerprint density at radius 2 is 1.63 bits per heavy atom. The van der Waals surface area contributed by atoms with Crippen LogP contribution in [-0.2, 0) is 21.5 Å². The van der Waals surface area contributed by atoms with Crippen molar-refractivity contribution >= 4 is 41.4 Å². The molecule has 294 valence electrons. The van der Waals surface area contributed by atoms with Gasteiger partial charge < -0.3 is 30.4 Å². The summed E-state index contributed by atoms with van der Waals surface area (Å²) in [7, 11) is 1.72. The zero-order chi connectivity index (χ0) is 39.9. The van der Waals surface area contributed by atoms with Gasteiger partial charge in [-0.15, -0.1) is 0 Å². The molecule has 2 saturated heterocycles. The van der Waals surface area contributed by atoms with Gasteiger partial charge in [0.25, 0.3) is 17.7 Å². The molecule has 1 atom stereocenters. The minimum atomic E-state index is -1.31. The first-order chi connectivity index (χ1) is 27.6. The number of carboxylic acids is 1. The molecule has 3 aromatic carbocycles. The molecule has 3 heterocycles. The lowest BCUT2D eigenvalue weighted by Crippen LogP contribution is -2.47. The number of fused-ring (bicyclic) bond motifs is 1. The summed E-state index contributed by atoms with van der Waals surface area (Å²) in [5, 5.41) is 15.3. The van der Waals surface area contributed by atoms with Gasteiger partial charge in [-0.2, -0.15) is 0 Å². The topological polar surface area (TPSA) is 152 Å².